The molecule has 0 bridgehead atoms. The monoisotopic (exact) mass is 619 g/mol. The van der Waals surface area contributed by atoms with E-state index < -0.39 is 27.4 Å². The fourth-order valence-corrected chi connectivity index (χ4v) is 7.05. The zero-order valence-corrected chi connectivity index (χ0v) is 25.6. The van der Waals surface area contributed by atoms with Crippen LogP contribution in [0.2, 0.25) is 0 Å². The maximum absolute atomic E-state index is 14.3. The number of nitro groups is 1. The second kappa shape index (κ2) is 13.7. The van der Waals surface area contributed by atoms with E-state index in [-0.39, 0.29) is 29.6 Å². The van der Waals surface area contributed by atoms with Gasteiger partial charge in [0, 0.05) is 42.8 Å². The maximum Gasteiger partial charge on any atom is 0.270 e. The summed E-state index contributed by atoms with van der Waals surface area (Å²) in [6.07, 6.45) is 4.14. The SMILES string of the molecule is CN(CC(CCN1CCC(c2ccccc2[S@](C)=O)CC1)c1ccc(F)c(F)c1)C(=O)c1cc([N+](=O)[O-])cc2ccccc12. The Morgan fingerprint density at radius 1 is 1.02 bits per heavy atom. The summed E-state index contributed by atoms with van der Waals surface area (Å²) in [5.74, 6) is -2.24. The Morgan fingerprint density at radius 2 is 1.73 bits per heavy atom. The third kappa shape index (κ3) is 7.03. The minimum atomic E-state index is -1.06. The number of nitrogens with zero attached hydrogens (tertiary/aromatic N) is 3. The van der Waals surface area contributed by atoms with Gasteiger partial charge >= 0.3 is 0 Å². The van der Waals surface area contributed by atoms with Crippen LogP contribution in [0.3, 0.4) is 0 Å². The number of halogens is 2. The highest BCUT2D eigenvalue weighted by Crippen LogP contribution is 2.33. The van der Waals surface area contributed by atoms with Crippen LogP contribution in [-0.4, -0.2) is 64.3 Å². The number of likely N-dealkylation sites (N-methyl/N-ethyl adjacent to an activating group) is 1. The standard InChI is InChI=1S/C34H35F2N3O4S/c1-37(34(40)30-21-27(39(41)42)19-25-7-3-4-8-28(25)30)22-26(24-11-12-31(35)32(36)20-24)15-18-38-16-13-23(14-17-38)29-9-5-6-10-33(29)44(2)43/h3-12,19-21,23,26H,13-18,22H2,1-2H3/t26?,44-/m0/s1. The second-order valence-corrected chi connectivity index (χ2v) is 12.8. The number of fused-ring (bicyclic) bond motifs is 1. The van der Waals surface area contributed by atoms with E-state index in [1.54, 1.807) is 43.6 Å². The molecule has 4 aromatic rings. The molecule has 10 heteroatoms. The lowest BCUT2D eigenvalue weighted by molar-refractivity contribution is -0.384. The van der Waals surface area contributed by atoms with Crippen LogP contribution in [0.5, 0.6) is 0 Å². The number of amides is 1. The summed E-state index contributed by atoms with van der Waals surface area (Å²) in [5, 5.41) is 12.8. The Morgan fingerprint density at radius 3 is 2.43 bits per heavy atom. The Labute approximate surface area is 258 Å². The number of carbonyl (C=O) groups excluding carboxylic acids is 1. The number of benzene rings is 4. The summed E-state index contributed by atoms with van der Waals surface area (Å²) in [4.78, 5) is 29.5. The normalized spacial score (nSPS) is 15.6. The molecule has 0 aromatic heterocycles. The van der Waals surface area contributed by atoms with Crippen molar-refractivity contribution in [2.45, 2.75) is 36.0 Å². The van der Waals surface area contributed by atoms with Gasteiger partial charge < -0.3 is 9.80 Å². The van der Waals surface area contributed by atoms with E-state index in [4.69, 9.17) is 0 Å². The topological polar surface area (TPSA) is 83.8 Å². The Balaban J connectivity index is 1.32. The van der Waals surface area contributed by atoms with Crippen LogP contribution in [0.25, 0.3) is 10.8 Å². The van der Waals surface area contributed by atoms with Crippen LogP contribution in [0.4, 0.5) is 14.5 Å². The van der Waals surface area contributed by atoms with Crippen molar-refractivity contribution in [3.63, 3.8) is 0 Å². The highest BCUT2D eigenvalue weighted by molar-refractivity contribution is 7.84. The van der Waals surface area contributed by atoms with Crippen LogP contribution in [0.1, 0.15) is 52.6 Å². The largest absolute Gasteiger partial charge is 0.341 e. The average molecular weight is 620 g/mol. The van der Waals surface area contributed by atoms with Crippen molar-refractivity contribution in [1.29, 1.82) is 0 Å². The molecule has 1 fully saturated rings. The third-order valence-electron chi connectivity index (χ3n) is 8.59. The van der Waals surface area contributed by atoms with E-state index in [1.165, 1.54) is 23.1 Å². The first-order valence-corrected chi connectivity index (χ1v) is 16.2. The molecular weight excluding hydrogens is 584 g/mol. The first-order chi connectivity index (χ1) is 21.1. The van der Waals surface area contributed by atoms with Crippen molar-refractivity contribution < 1.29 is 22.7 Å². The number of non-ortho nitro benzene ring substituents is 1. The first kappa shape index (κ1) is 31.4. The van der Waals surface area contributed by atoms with Crippen LogP contribution in [-0.2, 0) is 10.8 Å². The van der Waals surface area contributed by atoms with Crippen molar-refractivity contribution in [1.82, 2.24) is 9.80 Å². The predicted molar refractivity (Wildman–Crippen MR) is 168 cm³/mol. The molecule has 2 atom stereocenters. The molecule has 0 saturated carbocycles. The van der Waals surface area contributed by atoms with E-state index >= 15 is 0 Å². The van der Waals surface area contributed by atoms with Crippen molar-refractivity contribution in [2.75, 3.05) is 39.5 Å². The fraction of sp³-hybridized carbons (Fsp3) is 0.324. The average Bonchev–Trinajstić information content (AvgIpc) is 3.03. The van der Waals surface area contributed by atoms with Gasteiger partial charge in [0.05, 0.1) is 21.3 Å². The molecule has 0 aliphatic carbocycles. The van der Waals surface area contributed by atoms with Crippen LogP contribution in [0.15, 0.2) is 83.8 Å². The van der Waals surface area contributed by atoms with Gasteiger partial charge in [0.25, 0.3) is 11.6 Å². The zero-order chi connectivity index (χ0) is 31.4. The van der Waals surface area contributed by atoms with Gasteiger partial charge in [-0.25, -0.2) is 8.78 Å². The molecule has 0 spiro atoms. The lowest BCUT2D eigenvalue weighted by Gasteiger charge is -2.34. The van der Waals surface area contributed by atoms with Crippen LogP contribution >= 0.6 is 0 Å². The predicted octanol–water partition coefficient (Wildman–Crippen LogP) is 6.89. The van der Waals surface area contributed by atoms with Crippen LogP contribution < -0.4 is 0 Å². The molecule has 44 heavy (non-hydrogen) atoms. The minimum absolute atomic E-state index is 0.172. The van der Waals surface area contributed by atoms with Gasteiger partial charge in [-0.15, -0.1) is 0 Å². The molecule has 1 amide bonds. The van der Waals surface area contributed by atoms with Gasteiger partial charge in [-0.3, -0.25) is 19.1 Å². The van der Waals surface area contributed by atoms with E-state index in [1.807, 2.05) is 18.2 Å². The summed E-state index contributed by atoms with van der Waals surface area (Å²) in [6, 6.07) is 21.5. The molecule has 5 rings (SSSR count). The van der Waals surface area contributed by atoms with Gasteiger partial charge in [-0.1, -0.05) is 48.5 Å². The molecule has 1 unspecified atom stereocenters. The third-order valence-corrected chi connectivity index (χ3v) is 9.58. The van der Waals surface area contributed by atoms with E-state index in [2.05, 4.69) is 11.0 Å². The van der Waals surface area contributed by atoms with E-state index in [0.29, 0.717) is 35.2 Å². The van der Waals surface area contributed by atoms with Crippen molar-refractivity contribution in [2.24, 2.45) is 0 Å². The summed E-state index contributed by atoms with van der Waals surface area (Å²) in [7, 11) is 0.571. The minimum Gasteiger partial charge on any atom is -0.341 e. The van der Waals surface area contributed by atoms with Gasteiger partial charge in [-0.05, 0) is 84.9 Å². The van der Waals surface area contributed by atoms with Gasteiger partial charge in [0.15, 0.2) is 11.6 Å². The van der Waals surface area contributed by atoms with Gasteiger partial charge in [-0.2, -0.15) is 0 Å². The van der Waals surface area contributed by atoms with E-state index in [0.717, 1.165) is 42.5 Å². The maximum atomic E-state index is 14.3. The first-order valence-electron chi connectivity index (χ1n) is 14.6. The summed E-state index contributed by atoms with van der Waals surface area (Å²) < 4.78 is 40.4. The highest BCUT2D eigenvalue weighted by Gasteiger charge is 2.26. The number of hydrogen-bond donors (Lipinski definition) is 0. The second-order valence-electron chi connectivity index (χ2n) is 11.4. The fourth-order valence-electron chi connectivity index (χ4n) is 6.21. The molecule has 1 aliphatic rings. The summed E-state index contributed by atoms with van der Waals surface area (Å²) >= 11 is 0. The Kier molecular flexibility index (Phi) is 9.80. The molecule has 230 valence electrons. The van der Waals surface area contributed by atoms with Gasteiger partial charge in [0.1, 0.15) is 0 Å². The molecule has 1 heterocycles. The van der Waals surface area contributed by atoms with E-state index in [9.17, 15) is 27.9 Å². The molecule has 4 aromatic carbocycles. The Bertz CT molecular complexity index is 1710. The molecule has 1 saturated heterocycles. The van der Waals surface area contributed by atoms with Crippen molar-refractivity contribution in [3.8, 4) is 0 Å². The summed E-state index contributed by atoms with van der Waals surface area (Å²) in [6.45, 7) is 2.59. The lowest BCUT2D eigenvalue weighted by atomic mass is 9.88. The molecule has 7 nitrogen and oxygen atoms in total. The van der Waals surface area contributed by atoms with Gasteiger partial charge in [0.2, 0.25) is 0 Å². The number of carbonyl (C=O) groups is 1. The smallest absolute Gasteiger partial charge is 0.270 e. The number of nitro benzene ring substituents is 1. The molecule has 1 aliphatic heterocycles. The summed E-state index contributed by atoms with van der Waals surface area (Å²) in [5.41, 5.74) is 1.77. The lowest BCUT2D eigenvalue weighted by Crippen LogP contribution is -2.36. The highest BCUT2D eigenvalue weighted by atomic mass is 32.2. The number of piperidine rings is 1. The Hall–Kier alpha value is -4.02. The zero-order valence-electron chi connectivity index (χ0n) is 24.7. The number of hydrogen-bond acceptors (Lipinski definition) is 5. The number of rotatable bonds is 10. The van der Waals surface area contributed by atoms with Crippen molar-refractivity contribution in [3.05, 3.63) is 117 Å². The van der Waals surface area contributed by atoms with Crippen LogP contribution in [0, 0.1) is 21.7 Å². The molecule has 0 radical (unpaired) electrons. The number of likely N-dealkylation sites (tertiary alicyclic amines) is 1. The quantitative estimate of drug-likeness (QED) is 0.143. The van der Waals surface area contributed by atoms with Crippen molar-refractivity contribution >= 4 is 33.2 Å². The molecular formula is C34H35F2N3O4S. The molecule has 0 N–H and O–H groups in total.